The van der Waals surface area contributed by atoms with Crippen molar-refractivity contribution >= 4 is 18.1 Å². The lowest BCUT2D eigenvalue weighted by Crippen LogP contribution is -2.31. The van der Waals surface area contributed by atoms with E-state index in [4.69, 9.17) is 4.42 Å². The molecule has 28 heavy (non-hydrogen) atoms. The Hall–Kier alpha value is -2.00. The maximum Gasteiger partial charge on any atom is 0.434 e. The first kappa shape index (κ1) is 22.3. The Balaban J connectivity index is 0.00000280. The highest BCUT2D eigenvalue weighted by Gasteiger charge is 2.34. The molecule has 156 valence electrons. The molecule has 3 N–H and O–H groups in total. The summed E-state index contributed by atoms with van der Waals surface area (Å²) in [7, 11) is 0. The van der Waals surface area contributed by atoms with Gasteiger partial charge in [-0.05, 0) is 69.8 Å². The summed E-state index contributed by atoms with van der Waals surface area (Å²) in [5.74, 6) is -0.502. The second kappa shape index (κ2) is 9.47. The van der Waals surface area contributed by atoms with Crippen LogP contribution < -0.4 is 16.4 Å². The molecule has 0 spiro atoms. The molecule has 1 aliphatic rings. The summed E-state index contributed by atoms with van der Waals surface area (Å²) >= 11 is 0. The van der Waals surface area contributed by atoms with Crippen LogP contribution in [0.25, 0.3) is 11.5 Å². The van der Waals surface area contributed by atoms with Gasteiger partial charge in [0.1, 0.15) is 0 Å². The standard InChI is InChI=1S/C18H23F3N4O2.ClH/c1-11(12-4-2-8-22-9-3-5-12)23-15-10-13(16-24-25-17(26)27-16)6-7-14(15)18(19,20)21;/h6-7,10-12,22-23H,2-5,8-9H2,1H3,(H,25,26);1H. The summed E-state index contributed by atoms with van der Waals surface area (Å²) < 4.78 is 45.2. The molecule has 10 heteroatoms. The average Bonchev–Trinajstić information content (AvgIpc) is 3.00. The largest absolute Gasteiger partial charge is 0.434 e. The number of nitrogens with zero attached hydrogens (tertiary/aromatic N) is 1. The van der Waals surface area contributed by atoms with Crippen molar-refractivity contribution in [2.75, 3.05) is 18.4 Å². The number of aromatic amines is 1. The third-order valence-corrected chi connectivity index (χ3v) is 4.96. The molecule has 2 heterocycles. The second-order valence-corrected chi connectivity index (χ2v) is 6.90. The van der Waals surface area contributed by atoms with Crippen molar-refractivity contribution in [2.24, 2.45) is 5.92 Å². The molecular weight excluding hydrogens is 397 g/mol. The van der Waals surface area contributed by atoms with Crippen molar-refractivity contribution in [1.29, 1.82) is 0 Å². The molecule has 1 fully saturated rings. The monoisotopic (exact) mass is 420 g/mol. The first-order valence-corrected chi connectivity index (χ1v) is 9.09. The molecule has 0 aliphatic carbocycles. The Bertz CT molecular complexity index is 814. The summed E-state index contributed by atoms with van der Waals surface area (Å²) in [6, 6.07) is 3.45. The van der Waals surface area contributed by atoms with Crippen LogP contribution in [-0.2, 0) is 6.18 Å². The molecular formula is C18H24ClF3N4O2. The van der Waals surface area contributed by atoms with Gasteiger partial charge in [-0.15, -0.1) is 17.5 Å². The SMILES string of the molecule is CC(Nc1cc(-c2n[nH]c(=O)o2)ccc1C(F)(F)F)C1CCCNCCC1.Cl. The van der Waals surface area contributed by atoms with Gasteiger partial charge in [-0.25, -0.2) is 9.89 Å². The van der Waals surface area contributed by atoms with Crippen LogP contribution in [-0.4, -0.2) is 29.3 Å². The number of halogens is 4. The van der Waals surface area contributed by atoms with Gasteiger partial charge >= 0.3 is 11.9 Å². The summed E-state index contributed by atoms with van der Waals surface area (Å²) in [4.78, 5) is 11.1. The Labute approximate surface area is 166 Å². The third kappa shape index (κ3) is 5.51. The minimum atomic E-state index is -4.49. The van der Waals surface area contributed by atoms with Crippen molar-refractivity contribution in [3.8, 4) is 11.5 Å². The number of rotatable bonds is 4. The molecule has 1 aliphatic heterocycles. The number of hydrogen-bond donors (Lipinski definition) is 3. The minimum absolute atomic E-state index is 0. The highest BCUT2D eigenvalue weighted by Crippen LogP contribution is 2.38. The number of alkyl halides is 3. The maximum atomic E-state index is 13.5. The van der Waals surface area contributed by atoms with Crippen LogP contribution >= 0.6 is 12.4 Å². The van der Waals surface area contributed by atoms with E-state index in [-0.39, 0.29) is 30.0 Å². The van der Waals surface area contributed by atoms with Crippen LogP contribution in [0, 0.1) is 5.92 Å². The van der Waals surface area contributed by atoms with Crippen LogP contribution in [0.2, 0.25) is 0 Å². The quantitative estimate of drug-likeness (QED) is 0.695. The molecule has 1 aromatic heterocycles. The fourth-order valence-corrected chi connectivity index (χ4v) is 3.51. The van der Waals surface area contributed by atoms with Crippen molar-refractivity contribution < 1.29 is 17.6 Å². The lowest BCUT2D eigenvalue weighted by molar-refractivity contribution is -0.137. The summed E-state index contributed by atoms with van der Waals surface area (Å²) in [5, 5.41) is 12.2. The van der Waals surface area contributed by atoms with E-state index in [1.165, 1.54) is 12.1 Å². The molecule has 1 unspecified atom stereocenters. The van der Waals surface area contributed by atoms with Gasteiger partial charge < -0.3 is 15.1 Å². The number of benzene rings is 1. The summed E-state index contributed by atoms with van der Waals surface area (Å²) in [5.41, 5.74) is -0.472. The molecule has 0 bridgehead atoms. The van der Waals surface area contributed by atoms with Crippen molar-refractivity contribution in [3.63, 3.8) is 0 Å². The molecule has 0 radical (unpaired) electrons. The van der Waals surface area contributed by atoms with Gasteiger partial charge in [0.2, 0.25) is 5.89 Å². The fraction of sp³-hybridized carbons (Fsp3) is 0.556. The Morgan fingerprint density at radius 2 is 1.93 bits per heavy atom. The van der Waals surface area contributed by atoms with Gasteiger partial charge in [0.15, 0.2) is 0 Å². The van der Waals surface area contributed by atoms with E-state index in [0.29, 0.717) is 11.5 Å². The van der Waals surface area contributed by atoms with Crippen LogP contribution in [0.1, 0.15) is 38.2 Å². The molecule has 6 nitrogen and oxygen atoms in total. The van der Waals surface area contributed by atoms with Crippen LogP contribution in [0.3, 0.4) is 0 Å². The van der Waals surface area contributed by atoms with Crippen molar-refractivity contribution in [3.05, 3.63) is 34.3 Å². The highest BCUT2D eigenvalue weighted by molar-refractivity contribution is 5.85. The number of aromatic nitrogens is 2. The molecule has 0 saturated carbocycles. The van der Waals surface area contributed by atoms with Crippen LogP contribution in [0.4, 0.5) is 18.9 Å². The van der Waals surface area contributed by atoms with E-state index in [2.05, 4.69) is 20.8 Å². The zero-order valence-electron chi connectivity index (χ0n) is 15.4. The van der Waals surface area contributed by atoms with Gasteiger partial charge in [-0.2, -0.15) is 13.2 Å². The van der Waals surface area contributed by atoms with Crippen molar-refractivity contribution in [1.82, 2.24) is 15.5 Å². The second-order valence-electron chi connectivity index (χ2n) is 6.90. The summed E-state index contributed by atoms with van der Waals surface area (Å²) in [6.07, 6.45) is -0.576. The van der Waals surface area contributed by atoms with E-state index in [1.807, 2.05) is 6.92 Å². The van der Waals surface area contributed by atoms with E-state index in [9.17, 15) is 18.0 Å². The van der Waals surface area contributed by atoms with E-state index in [1.54, 1.807) is 0 Å². The normalized spacial score (nSPS) is 17.3. The summed E-state index contributed by atoms with van der Waals surface area (Å²) in [6.45, 7) is 3.79. The minimum Gasteiger partial charge on any atom is -0.388 e. The Morgan fingerprint density at radius 3 is 2.50 bits per heavy atom. The first-order valence-electron chi connectivity index (χ1n) is 9.09. The van der Waals surface area contributed by atoms with E-state index in [0.717, 1.165) is 44.8 Å². The number of nitrogens with one attached hydrogen (secondary N) is 3. The zero-order valence-corrected chi connectivity index (χ0v) is 16.3. The topological polar surface area (TPSA) is 83.0 Å². The Morgan fingerprint density at radius 1 is 1.25 bits per heavy atom. The highest BCUT2D eigenvalue weighted by atomic mass is 35.5. The zero-order chi connectivity index (χ0) is 19.4. The molecule has 2 aromatic rings. The van der Waals surface area contributed by atoms with E-state index >= 15 is 0 Å². The smallest absolute Gasteiger partial charge is 0.388 e. The van der Waals surface area contributed by atoms with Crippen LogP contribution in [0.5, 0.6) is 0 Å². The molecule has 3 rings (SSSR count). The van der Waals surface area contributed by atoms with Gasteiger partial charge in [0.05, 0.1) is 5.56 Å². The predicted octanol–water partition coefficient (Wildman–Crippen LogP) is 4.05. The van der Waals surface area contributed by atoms with Crippen molar-refractivity contribution in [2.45, 2.75) is 44.8 Å². The Kier molecular flexibility index (Phi) is 7.54. The predicted molar refractivity (Wildman–Crippen MR) is 103 cm³/mol. The van der Waals surface area contributed by atoms with E-state index < -0.39 is 17.5 Å². The van der Waals surface area contributed by atoms with Crippen LogP contribution in [0.15, 0.2) is 27.4 Å². The molecule has 1 saturated heterocycles. The molecule has 1 aromatic carbocycles. The third-order valence-electron chi connectivity index (χ3n) is 4.96. The number of anilines is 1. The lowest BCUT2D eigenvalue weighted by atomic mass is 9.89. The average molecular weight is 421 g/mol. The molecule has 1 atom stereocenters. The maximum absolute atomic E-state index is 13.5. The van der Waals surface area contributed by atoms with Gasteiger partial charge in [0.25, 0.3) is 0 Å². The number of H-pyrrole nitrogens is 1. The number of hydrogen-bond acceptors (Lipinski definition) is 5. The van der Waals surface area contributed by atoms with Gasteiger partial charge in [-0.1, -0.05) is 0 Å². The fourth-order valence-electron chi connectivity index (χ4n) is 3.51. The molecule has 0 amide bonds. The lowest BCUT2D eigenvalue weighted by Gasteiger charge is -2.29. The first-order chi connectivity index (χ1) is 12.8. The van der Waals surface area contributed by atoms with Gasteiger partial charge in [0, 0.05) is 17.3 Å². The van der Waals surface area contributed by atoms with Gasteiger partial charge in [-0.3, -0.25) is 0 Å².